The van der Waals surface area contributed by atoms with Gasteiger partial charge in [-0.1, -0.05) is 0 Å². The van der Waals surface area contributed by atoms with Gasteiger partial charge >= 0.3 is 0 Å². The van der Waals surface area contributed by atoms with Gasteiger partial charge in [-0.25, -0.2) is 4.98 Å². The van der Waals surface area contributed by atoms with E-state index in [1.165, 1.54) is 11.3 Å². The largest absolute Gasteiger partial charge is 0.375 e. The second-order valence-electron chi connectivity index (χ2n) is 4.24. The van der Waals surface area contributed by atoms with E-state index in [9.17, 15) is 4.79 Å². The van der Waals surface area contributed by atoms with E-state index in [-0.39, 0.29) is 36.6 Å². The van der Waals surface area contributed by atoms with Gasteiger partial charge in [0.2, 0.25) is 5.91 Å². The number of aromatic nitrogens is 1. The molecule has 0 spiro atoms. The Morgan fingerprint density at radius 1 is 1.47 bits per heavy atom. The van der Waals surface area contributed by atoms with Crippen molar-refractivity contribution < 1.29 is 4.79 Å². The number of nitrogen functional groups attached to an aromatic ring is 1. The maximum Gasteiger partial charge on any atom is 0.223 e. The van der Waals surface area contributed by atoms with E-state index >= 15 is 0 Å². The van der Waals surface area contributed by atoms with E-state index < -0.39 is 0 Å². The van der Waals surface area contributed by atoms with Gasteiger partial charge in [-0.2, -0.15) is 0 Å². The molecule has 0 saturated carbocycles. The third-order valence-electron chi connectivity index (χ3n) is 2.96. The fourth-order valence-electron chi connectivity index (χ4n) is 1.98. The van der Waals surface area contributed by atoms with Crippen LogP contribution in [0.15, 0.2) is 5.38 Å². The molecule has 2 rings (SSSR count). The molecule has 0 bridgehead atoms. The Labute approximate surface area is 129 Å². The molecule has 0 aliphatic carbocycles. The fourth-order valence-corrected chi connectivity index (χ4v) is 2.58. The Kier molecular flexibility index (Phi) is 9.08. The number of anilines is 1. The molecule has 1 saturated heterocycles. The summed E-state index contributed by atoms with van der Waals surface area (Å²) < 4.78 is 0. The summed E-state index contributed by atoms with van der Waals surface area (Å²) >= 11 is 1.44. The molecule has 5 nitrogen and oxygen atoms in total. The minimum atomic E-state index is 0. The fraction of sp³-hybridized carbons (Fsp3) is 0.636. The van der Waals surface area contributed by atoms with Gasteiger partial charge in [0, 0.05) is 24.3 Å². The summed E-state index contributed by atoms with van der Waals surface area (Å²) in [5.41, 5.74) is 6.50. The lowest BCUT2D eigenvalue weighted by atomic mass is 9.97. The summed E-state index contributed by atoms with van der Waals surface area (Å²) in [5, 5.41) is 8.74. The summed E-state index contributed by atoms with van der Waals surface area (Å²) in [7, 11) is 0. The van der Waals surface area contributed by atoms with Crippen LogP contribution in [0.5, 0.6) is 0 Å². The van der Waals surface area contributed by atoms with Crippen LogP contribution in [0.4, 0.5) is 5.13 Å². The van der Waals surface area contributed by atoms with Crippen molar-refractivity contribution in [3.8, 4) is 0 Å². The zero-order chi connectivity index (χ0) is 12.1. The minimum Gasteiger partial charge on any atom is -0.375 e. The molecule has 0 atom stereocenters. The number of carbonyl (C=O) groups excluding carboxylic acids is 1. The first-order valence-electron chi connectivity index (χ1n) is 5.94. The number of rotatable bonds is 4. The van der Waals surface area contributed by atoms with Gasteiger partial charge in [0.1, 0.15) is 0 Å². The molecule has 0 aromatic carbocycles. The molecular formula is C11H20Cl2N4OS. The summed E-state index contributed by atoms with van der Waals surface area (Å²) in [5.74, 6) is 0.353. The molecular weight excluding hydrogens is 307 g/mol. The number of hydrogen-bond donors (Lipinski definition) is 3. The molecule has 1 aromatic rings. The van der Waals surface area contributed by atoms with Crippen molar-refractivity contribution in [3.05, 3.63) is 11.1 Å². The van der Waals surface area contributed by atoms with Gasteiger partial charge in [-0.15, -0.1) is 36.2 Å². The molecule has 110 valence electrons. The van der Waals surface area contributed by atoms with Crippen LogP contribution in [0.2, 0.25) is 0 Å². The topological polar surface area (TPSA) is 80.0 Å². The van der Waals surface area contributed by atoms with Gasteiger partial charge in [0.25, 0.3) is 0 Å². The van der Waals surface area contributed by atoms with Crippen LogP contribution in [0, 0.1) is 5.92 Å². The second-order valence-corrected chi connectivity index (χ2v) is 5.13. The molecule has 1 aliphatic heterocycles. The highest BCUT2D eigenvalue weighted by Gasteiger charge is 2.20. The SMILES string of the molecule is Cl.Cl.Nc1nc(CCNC(=O)C2CCNCC2)cs1. The second kappa shape index (κ2) is 9.36. The lowest BCUT2D eigenvalue weighted by Gasteiger charge is -2.21. The van der Waals surface area contributed by atoms with Gasteiger partial charge in [-0.3, -0.25) is 4.79 Å². The number of thiazole rings is 1. The predicted octanol–water partition coefficient (Wildman–Crippen LogP) is 1.23. The minimum absolute atomic E-state index is 0. The van der Waals surface area contributed by atoms with E-state index in [1.807, 2.05) is 5.38 Å². The molecule has 1 fully saturated rings. The number of carbonyl (C=O) groups is 1. The third kappa shape index (κ3) is 5.95. The van der Waals surface area contributed by atoms with Crippen LogP contribution in [-0.2, 0) is 11.2 Å². The standard InChI is InChI=1S/C11H18N4OS.2ClH/c12-11-15-9(7-17-11)3-6-14-10(16)8-1-4-13-5-2-8;;/h7-8,13H,1-6H2,(H2,12,15)(H,14,16);2*1H. The lowest BCUT2D eigenvalue weighted by Crippen LogP contribution is -2.38. The highest BCUT2D eigenvalue weighted by Crippen LogP contribution is 2.12. The highest BCUT2D eigenvalue weighted by molar-refractivity contribution is 7.13. The average molecular weight is 327 g/mol. The number of piperidine rings is 1. The number of halogens is 2. The van der Waals surface area contributed by atoms with E-state index in [0.29, 0.717) is 11.7 Å². The first-order chi connectivity index (χ1) is 8.25. The molecule has 0 radical (unpaired) electrons. The number of nitrogens with zero attached hydrogens (tertiary/aromatic N) is 1. The Balaban J connectivity index is 0.00000162. The van der Waals surface area contributed by atoms with Crippen LogP contribution >= 0.6 is 36.2 Å². The van der Waals surface area contributed by atoms with Gasteiger partial charge in [0.15, 0.2) is 5.13 Å². The molecule has 1 aliphatic rings. The lowest BCUT2D eigenvalue weighted by molar-refractivity contribution is -0.125. The van der Waals surface area contributed by atoms with E-state index in [1.54, 1.807) is 0 Å². The summed E-state index contributed by atoms with van der Waals surface area (Å²) in [6, 6.07) is 0. The van der Waals surface area contributed by atoms with Crippen LogP contribution in [0.25, 0.3) is 0 Å². The molecule has 2 heterocycles. The van der Waals surface area contributed by atoms with Gasteiger partial charge < -0.3 is 16.4 Å². The van der Waals surface area contributed by atoms with Crippen LogP contribution in [0.3, 0.4) is 0 Å². The van der Waals surface area contributed by atoms with Gasteiger partial charge in [-0.05, 0) is 25.9 Å². The molecule has 0 unspecified atom stereocenters. The van der Waals surface area contributed by atoms with Crippen LogP contribution in [0.1, 0.15) is 18.5 Å². The molecule has 19 heavy (non-hydrogen) atoms. The van der Waals surface area contributed by atoms with Crippen molar-refractivity contribution in [2.45, 2.75) is 19.3 Å². The Bertz CT molecular complexity index is 383. The molecule has 8 heteroatoms. The first-order valence-corrected chi connectivity index (χ1v) is 6.82. The summed E-state index contributed by atoms with van der Waals surface area (Å²) in [6.07, 6.45) is 2.63. The smallest absolute Gasteiger partial charge is 0.223 e. The summed E-state index contributed by atoms with van der Waals surface area (Å²) in [4.78, 5) is 16.0. The third-order valence-corrected chi connectivity index (χ3v) is 3.68. The summed E-state index contributed by atoms with van der Waals surface area (Å²) in [6.45, 7) is 2.54. The van der Waals surface area contributed by atoms with Crippen molar-refractivity contribution in [1.29, 1.82) is 0 Å². The number of hydrogen-bond acceptors (Lipinski definition) is 5. The van der Waals surface area contributed by atoms with Crippen LogP contribution < -0.4 is 16.4 Å². The maximum absolute atomic E-state index is 11.8. The van der Waals surface area contributed by atoms with Crippen molar-refractivity contribution in [2.24, 2.45) is 5.92 Å². The number of nitrogens with two attached hydrogens (primary N) is 1. The van der Waals surface area contributed by atoms with Crippen molar-refractivity contribution >= 4 is 47.2 Å². The Hall–Kier alpha value is -0.560. The quantitative estimate of drug-likeness (QED) is 0.777. The zero-order valence-corrected chi connectivity index (χ0v) is 13.0. The zero-order valence-electron chi connectivity index (χ0n) is 10.6. The van der Waals surface area contributed by atoms with E-state index in [2.05, 4.69) is 15.6 Å². The monoisotopic (exact) mass is 326 g/mol. The predicted molar refractivity (Wildman–Crippen MR) is 83.3 cm³/mol. The van der Waals surface area contributed by atoms with Gasteiger partial charge in [0.05, 0.1) is 5.69 Å². The average Bonchev–Trinajstić information content (AvgIpc) is 2.76. The molecule has 1 aromatic heterocycles. The molecule has 4 N–H and O–H groups in total. The number of nitrogens with one attached hydrogen (secondary N) is 2. The van der Waals surface area contributed by atoms with Crippen LogP contribution in [-0.4, -0.2) is 30.5 Å². The number of amides is 1. The maximum atomic E-state index is 11.8. The Morgan fingerprint density at radius 3 is 2.74 bits per heavy atom. The molecule has 1 amide bonds. The van der Waals surface area contributed by atoms with Crippen molar-refractivity contribution in [3.63, 3.8) is 0 Å². The van der Waals surface area contributed by atoms with E-state index in [0.717, 1.165) is 38.0 Å². The van der Waals surface area contributed by atoms with Crippen molar-refractivity contribution in [1.82, 2.24) is 15.6 Å². The Morgan fingerprint density at radius 2 is 2.16 bits per heavy atom. The van der Waals surface area contributed by atoms with Crippen molar-refractivity contribution in [2.75, 3.05) is 25.4 Å². The highest BCUT2D eigenvalue weighted by atomic mass is 35.5. The normalized spacial score (nSPS) is 15.2. The first kappa shape index (κ1) is 18.4. The van der Waals surface area contributed by atoms with E-state index in [4.69, 9.17) is 5.73 Å².